The second-order valence-electron chi connectivity index (χ2n) is 3.52. The van der Waals surface area contributed by atoms with Crippen LogP contribution in [0.15, 0.2) is 27.1 Å². The van der Waals surface area contributed by atoms with Crippen LogP contribution in [0, 0.1) is 0 Å². The molecule has 0 unspecified atom stereocenters. The van der Waals surface area contributed by atoms with Gasteiger partial charge in [0, 0.05) is 8.95 Å². The fourth-order valence-corrected chi connectivity index (χ4v) is 4.45. The first-order chi connectivity index (χ1) is 8.42. The summed E-state index contributed by atoms with van der Waals surface area (Å²) in [6, 6.07) is 5.49. The maximum Gasteiger partial charge on any atom is 0.351 e. The Morgan fingerprint density at radius 3 is 2.00 bits per heavy atom. The van der Waals surface area contributed by atoms with Crippen molar-refractivity contribution in [1.29, 1.82) is 0 Å². The molecule has 18 heavy (non-hydrogen) atoms. The molecule has 0 saturated carbocycles. The number of hydrogen-bond donors (Lipinski definition) is 1. The van der Waals surface area contributed by atoms with E-state index >= 15 is 0 Å². The largest absolute Gasteiger partial charge is 0.351 e. The Balaban J connectivity index is 3.09. The van der Waals surface area contributed by atoms with Gasteiger partial charge >= 0.3 is 7.60 Å². The number of rotatable bonds is 6. The van der Waals surface area contributed by atoms with E-state index in [-0.39, 0.29) is 0 Å². The zero-order valence-electron chi connectivity index (χ0n) is 10.2. The van der Waals surface area contributed by atoms with Gasteiger partial charge in [-0.3, -0.25) is 4.57 Å². The number of hydrogen-bond acceptors (Lipinski definition) is 4. The Morgan fingerprint density at radius 1 is 1.17 bits per heavy atom. The van der Waals surface area contributed by atoms with Crippen LogP contribution in [-0.4, -0.2) is 13.2 Å². The van der Waals surface area contributed by atoms with E-state index in [2.05, 4.69) is 31.9 Å². The summed E-state index contributed by atoms with van der Waals surface area (Å²) in [4.78, 5) is 0. The molecule has 0 aliphatic heterocycles. The van der Waals surface area contributed by atoms with Crippen LogP contribution in [0.2, 0.25) is 0 Å². The predicted octanol–water partition coefficient (Wildman–Crippen LogP) is 4.44. The Bertz CT molecular complexity index is 426. The van der Waals surface area contributed by atoms with Gasteiger partial charge < -0.3 is 14.8 Å². The Labute approximate surface area is 124 Å². The smallest absolute Gasteiger partial charge is 0.314 e. The molecule has 0 fully saturated rings. The van der Waals surface area contributed by atoms with Gasteiger partial charge in [0.25, 0.3) is 0 Å². The zero-order valence-corrected chi connectivity index (χ0v) is 14.3. The summed E-state index contributed by atoms with van der Waals surface area (Å²) in [5.41, 5.74) is 6.72. The van der Waals surface area contributed by atoms with E-state index < -0.39 is 13.4 Å². The highest BCUT2D eigenvalue weighted by molar-refractivity contribution is 9.11. The standard InChI is InChI=1S/C11H16Br2NO3P/c1-3-16-18(15,17-4-2)11(14)8-5-9(12)7-10(13)6-8/h5-7,11H,3-4,14H2,1-2H3/t11-/m1/s1. The lowest BCUT2D eigenvalue weighted by Gasteiger charge is -2.23. The summed E-state index contributed by atoms with van der Waals surface area (Å²) in [6.07, 6.45) is 0. The molecule has 1 aromatic rings. The van der Waals surface area contributed by atoms with Gasteiger partial charge in [0.05, 0.1) is 13.2 Å². The zero-order chi connectivity index (χ0) is 13.8. The molecule has 0 saturated heterocycles. The van der Waals surface area contributed by atoms with Crippen LogP contribution in [0.1, 0.15) is 25.2 Å². The average Bonchev–Trinajstić information content (AvgIpc) is 2.27. The second-order valence-corrected chi connectivity index (χ2v) is 7.51. The van der Waals surface area contributed by atoms with Crippen molar-refractivity contribution in [2.75, 3.05) is 13.2 Å². The monoisotopic (exact) mass is 399 g/mol. The van der Waals surface area contributed by atoms with Crippen molar-refractivity contribution in [2.45, 2.75) is 19.6 Å². The Hall–Kier alpha value is 0.290. The molecule has 7 heteroatoms. The molecule has 1 rings (SSSR count). The summed E-state index contributed by atoms with van der Waals surface area (Å²) < 4.78 is 24.7. The van der Waals surface area contributed by atoms with Gasteiger partial charge in [-0.2, -0.15) is 0 Å². The molecule has 0 heterocycles. The Kier molecular flexibility index (Phi) is 6.51. The minimum absolute atomic E-state index is 0.292. The highest BCUT2D eigenvalue weighted by Gasteiger charge is 2.34. The first kappa shape index (κ1) is 16.3. The van der Waals surface area contributed by atoms with Crippen molar-refractivity contribution in [3.63, 3.8) is 0 Å². The van der Waals surface area contributed by atoms with Crippen LogP contribution in [0.3, 0.4) is 0 Å². The van der Waals surface area contributed by atoms with Crippen LogP contribution < -0.4 is 5.73 Å². The predicted molar refractivity (Wildman–Crippen MR) is 79.6 cm³/mol. The summed E-state index contributed by atoms with van der Waals surface area (Å²) in [5, 5.41) is 0. The van der Waals surface area contributed by atoms with E-state index in [1.54, 1.807) is 26.0 Å². The van der Waals surface area contributed by atoms with Crippen molar-refractivity contribution in [2.24, 2.45) is 5.73 Å². The molecule has 0 bridgehead atoms. The summed E-state index contributed by atoms with van der Waals surface area (Å²) in [6.45, 7) is 4.10. The summed E-state index contributed by atoms with van der Waals surface area (Å²) in [5.74, 6) is -0.800. The molecular formula is C11H16Br2NO3P. The van der Waals surface area contributed by atoms with Gasteiger partial charge in [-0.05, 0) is 37.6 Å². The first-order valence-electron chi connectivity index (χ1n) is 5.53. The maximum atomic E-state index is 12.5. The number of nitrogens with two attached hydrogens (primary N) is 1. The maximum absolute atomic E-state index is 12.5. The quantitative estimate of drug-likeness (QED) is 0.717. The van der Waals surface area contributed by atoms with Crippen LogP contribution in [0.4, 0.5) is 0 Å². The molecule has 0 aliphatic rings. The molecule has 0 amide bonds. The molecule has 0 radical (unpaired) electrons. The fourth-order valence-electron chi connectivity index (χ4n) is 1.49. The van der Waals surface area contributed by atoms with E-state index in [9.17, 15) is 4.57 Å². The molecule has 0 aromatic heterocycles. The molecule has 102 valence electrons. The first-order valence-corrected chi connectivity index (χ1v) is 8.73. The average molecular weight is 401 g/mol. The Morgan fingerprint density at radius 2 is 1.61 bits per heavy atom. The van der Waals surface area contributed by atoms with Gasteiger partial charge in [0.2, 0.25) is 0 Å². The van der Waals surface area contributed by atoms with Gasteiger partial charge in [-0.25, -0.2) is 0 Å². The van der Waals surface area contributed by atoms with Crippen LogP contribution >= 0.6 is 39.5 Å². The molecule has 2 N–H and O–H groups in total. The lowest BCUT2D eigenvalue weighted by molar-refractivity contribution is 0.212. The van der Waals surface area contributed by atoms with Gasteiger partial charge in [0.1, 0.15) is 5.78 Å². The fraction of sp³-hybridized carbons (Fsp3) is 0.455. The van der Waals surface area contributed by atoms with Crippen LogP contribution in [0.5, 0.6) is 0 Å². The van der Waals surface area contributed by atoms with E-state index in [4.69, 9.17) is 14.8 Å². The molecule has 0 spiro atoms. The SMILES string of the molecule is CCOP(=O)(OCC)[C@@H](N)c1cc(Br)cc(Br)c1. The van der Waals surface area contributed by atoms with Crippen molar-refractivity contribution >= 4 is 39.5 Å². The summed E-state index contributed by atoms with van der Waals surface area (Å²) in [7, 11) is -3.34. The number of halogens is 2. The van der Waals surface area contributed by atoms with E-state index in [1.807, 2.05) is 6.07 Å². The topological polar surface area (TPSA) is 61.5 Å². The van der Waals surface area contributed by atoms with Gasteiger partial charge in [-0.1, -0.05) is 31.9 Å². The second kappa shape index (κ2) is 7.17. The lowest BCUT2D eigenvalue weighted by Crippen LogP contribution is -2.15. The van der Waals surface area contributed by atoms with E-state index in [0.717, 1.165) is 8.95 Å². The highest BCUT2D eigenvalue weighted by Crippen LogP contribution is 2.58. The van der Waals surface area contributed by atoms with Gasteiger partial charge in [0.15, 0.2) is 0 Å². The third kappa shape index (κ3) is 4.15. The summed E-state index contributed by atoms with van der Waals surface area (Å²) >= 11 is 6.74. The van der Waals surface area contributed by atoms with Crippen LogP contribution in [-0.2, 0) is 13.6 Å². The number of benzene rings is 1. The van der Waals surface area contributed by atoms with E-state index in [0.29, 0.717) is 18.8 Å². The van der Waals surface area contributed by atoms with Crippen molar-refractivity contribution in [1.82, 2.24) is 0 Å². The third-order valence-electron chi connectivity index (χ3n) is 2.19. The molecule has 1 atom stereocenters. The lowest BCUT2D eigenvalue weighted by atomic mass is 10.2. The molecular weight excluding hydrogens is 385 g/mol. The third-order valence-corrected chi connectivity index (χ3v) is 5.32. The minimum atomic E-state index is -3.34. The van der Waals surface area contributed by atoms with E-state index in [1.165, 1.54) is 0 Å². The molecule has 0 aliphatic carbocycles. The molecule has 4 nitrogen and oxygen atoms in total. The highest BCUT2D eigenvalue weighted by atomic mass is 79.9. The van der Waals surface area contributed by atoms with Gasteiger partial charge in [-0.15, -0.1) is 0 Å². The van der Waals surface area contributed by atoms with Crippen molar-refractivity contribution in [3.8, 4) is 0 Å². The van der Waals surface area contributed by atoms with Crippen molar-refractivity contribution < 1.29 is 13.6 Å². The minimum Gasteiger partial charge on any atom is -0.314 e. The normalized spacial score (nSPS) is 13.6. The molecule has 1 aromatic carbocycles. The van der Waals surface area contributed by atoms with Crippen molar-refractivity contribution in [3.05, 3.63) is 32.7 Å². The van der Waals surface area contributed by atoms with Crippen LogP contribution in [0.25, 0.3) is 0 Å².